The van der Waals surface area contributed by atoms with Gasteiger partial charge < -0.3 is 20.1 Å². The Bertz CT molecular complexity index is 1170. The number of allylic oxidation sites excluding steroid dienone is 1. The molecule has 3 aromatic rings. The third-order valence-corrected chi connectivity index (χ3v) is 7.43. The molecule has 0 fully saturated rings. The average molecular weight is 450 g/mol. The Morgan fingerprint density at radius 1 is 1.03 bits per heavy atom. The molecule has 0 aliphatic carbocycles. The Labute approximate surface area is 190 Å². The van der Waals surface area contributed by atoms with Crippen molar-refractivity contribution in [2.45, 2.75) is 11.8 Å². The van der Waals surface area contributed by atoms with Crippen LogP contribution in [0.25, 0.3) is 11.1 Å². The molecule has 7 heteroatoms. The molecule has 0 spiro atoms. The third kappa shape index (κ3) is 3.79. The molecule has 2 aliphatic heterocycles. The van der Waals surface area contributed by atoms with Crippen LogP contribution in [0.15, 0.2) is 69.3 Å². The van der Waals surface area contributed by atoms with Gasteiger partial charge in [0.1, 0.15) is 5.37 Å². The molecule has 158 valence electrons. The van der Waals surface area contributed by atoms with Crippen LogP contribution in [0.5, 0.6) is 11.5 Å². The summed E-state index contributed by atoms with van der Waals surface area (Å²) in [5.41, 5.74) is 12.9. The number of benzene rings is 2. The smallest absolute Gasteiger partial charge is 0.162 e. The number of nitrogens with two attached hydrogens (primary N) is 1. The molecule has 0 bridgehead atoms. The molecule has 5 nitrogen and oxygen atoms in total. The number of ether oxygens (including phenoxy) is 2. The number of fused-ring (bicyclic) bond motifs is 1. The molecule has 2 aromatic carbocycles. The normalized spacial score (nSPS) is 17.7. The van der Waals surface area contributed by atoms with E-state index >= 15 is 0 Å². The van der Waals surface area contributed by atoms with Gasteiger partial charge in [0.15, 0.2) is 11.5 Å². The fraction of sp³-hybridized carbons (Fsp3) is 0.208. The SMILES string of the molecule is COc1ccc(N2C=C3SC(c4cc(-c5ccsc5)ccc4N)N=C3CC2)cc1OC. The first-order chi connectivity index (χ1) is 15.2. The van der Waals surface area contributed by atoms with Gasteiger partial charge >= 0.3 is 0 Å². The van der Waals surface area contributed by atoms with Gasteiger partial charge in [0, 0.05) is 47.1 Å². The second kappa shape index (κ2) is 8.32. The van der Waals surface area contributed by atoms with Crippen LogP contribution in [-0.4, -0.2) is 26.5 Å². The lowest BCUT2D eigenvalue weighted by atomic mass is 10.0. The quantitative estimate of drug-likeness (QED) is 0.488. The zero-order chi connectivity index (χ0) is 21.4. The molecule has 0 amide bonds. The van der Waals surface area contributed by atoms with Gasteiger partial charge in [-0.1, -0.05) is 17.8 Å². The van der Waals surface area contributed by atoms with E-state index in [4.69, 9.17) is 20.2 Å². The van der Waals surface area contributed by atoms with Gasteiger partial charge in [-0.15, -0.1) is 0 Å². The molecule has 2 aliphatic rings. The number of methoxy groups -OCH3 is 2. The number of thioether (sulfide) groups is 1. The van der Waals surface area contributed by atoms with Crippen molar-refractivity contribution in [3.63, 3.8) is 0 Å². The number of hydrogen-bond acceptors (Lipinski definition) is 7. The summed E-state index contributed by atoms with van der Waals surface area (Å²) in [6.45, 7) is 0.871. The fourth-order valence-corrected chi connectivity index (χ4v) is 5.78. The number of anilines is 2. The second-order valence-electron chi connectivity index (χ2n) is 7.38. The van der Waals surface area contributed by atoms with Gasteiger partial charge in [-0.05, 0) is 52.2 Å². The van der Waals surface area contributed by atoms with Crippen molar-refractivity contribution in [2.75, 3.05) is 31.4 Å². The molecule has 1 atom stereocenters. The molecule has 0 radical (unpaired) electrons. The Morgan fingerprint density at radius 2 is 1.90 bits per heavy atom. The molecular weight excluding hydrogens is 426 g/mol. The van der Waals surface area contributed by atoms with Crippen molar-refractivity contribution in [3.05, 3.63) is 69.9 Å². The standard InChI is InChI=1S/C24H23N3O2S2/c1-28-21-6-4-17(12-22(21)29-2)27-9-7-20-23(13-27)31-24(26-20)18-11-15(3-5-19(18)25)16-8-10-30-14-16/h3-6,8,10-14,24H,7,9,25H2,1-2H3. The maximum Gasteiger partial charge on any atom is 0.162 e. The fourth-order valence-electron chi connectivity index (χ4n) is 3.88. The monoisotopic (exact) mass is 449 g/mol. The number of thiophene rings is 1. The van der Waals surface area contributed by atoms with Gasteiger partial charge in [0.05, 0.1) is 19.9 Å². The number of hydrogen-bond donors (Lipinski definition) is 1. The number of aliphatic imine (C=N–C) groups is 1. The van der Waals surface area contributed by atoms with Crippen LogP contribution in [0.2, 0.25) is 0 Å². The molecule has 0 saturated heterocycles. The van der Waals surface area contributed by atoms with Crippen LogP contribution >= 0.6 is 23.1 Å². The second-order valence-corrected chi connectivity index (χ2v) is 9.28. The predicted molar refractivity (Wildman–Crippen MR) is 132 cm³/mol. The minimum Gasteiger partial charge on any atom is -0.493 e. The highest BCUT2D eigenvalue weighted by molar-refractivity contribution is 8.04. The topological polar surface area (TPSA) is 60.1 Å². The number of rotatable bonds is 5. The summed E-state index contributed by atoms with van der Waals surface area (Å²) in [5.74, 6) is 1.46. The van der Waals surface area contributed by atoms with Gasteiger partial charge in [-0.3, -0.25) is 4.99 Å². The van der Waals surface area contributed by atoms with Crippen molar-refractivity contribution in [2.24, 2.45) is 4.99 Å². The molecule has 1 unspecified atom stereocenters. The Hall–Kier alpha value is -2.90. The zero-order valence-electron chi connectivity index (χ0n) is 17.4. The summed E-state index contributed by atoms with van der Waals surface area (Å²) < 4.78 is 10.8. The molecule has 31 heavy (non-hydrogen) atoms. The van der Waals surface area contributed by atoms with Crippen LogP contribution in [0, 0.1) is 0 Å². The first-order valence-corrected chi connectivity index (χ1v) is 11.8. The lowest BCUT2D eigenvalue weighted by Gasteiger charge is -2.26. The minimum absolute atomic E-state index is 0.00908. The molecule has 0 saturated carbocycles. The van der Waals surface area contributed by atoms with Crippen molar-refractivity contribution in [1.29, 1.82) is 0 Å². The van der Waals surface area contributed by atoms with Gasteiger partial charge in [0.2, 0.25) is 0 Å². The van der Waals surface area contributed by atoms with E-state index < -0.39 is 0 Å². The molecule has 5 rings (SSSR count). The predicted octanol–water partition coefficient (Wildman–Crippen LogP) is 5.95. The van der Waals surface area contributed by atoms with Crippen LogP contribution < -0.4 is 20.1 Å². The van der Waals surface area contributed by atoms with Gasteiger partial charge in [-0.2, -0.15) is 11.3 Å². The third-order valence-electron chi connectivity index (χ3n) is 5.56. The van der Waals surface area contributed by atoms with Crippen LogP contribution in [0.1, 0.15) is 17.4 Å². The van der Waals surface area contributed by atoms with Crippen LogP contribution in [-0.2, 0) is 0 Å². The minimum atomic E-state index is -0.00908. The summed E-state index contributed by atoms with van der Waals surface area (Å²) in [5, 5.41) is 4.25. The van der Waals surface area contributed by atoms with Crippen molar-refractivity contribution < 1.29 is 9.47 Å². The van der Waals surface area contributed by atoms with E-state index in [0.29, 0.717) is 0 Å². The maximum atomic E-state index is 6.35. The van der Waals surface area contributed by atoms with E-state index in [2.05, 4.69) is 46.1 Å². The Morgan fingerprint density at radius 3 is 2.68 bits per heavy atom. The highest BCUT2D eigenvalue weighted by Crippen LogP contribution is 2.47. The van der Waals surface area contributed by atoms with Gasteiger partial charge in [0.25, 0.3) is 0 Å². The van der Waals surface area contributed by atoms with Crippen LogP contribution in [0.3, 0.4) is 0 Å². The van der Waals surface area contributed by atoms with Crippen LogP contribution in [0.4, 0.5) is 11.4 Å². The van der Waals surface area contributed by atoms with E-state index in [1.807, 2.05) is 18.2 Å². The summed E-state index contributed by atoms with van der Waals surface area (Å²) in [6, 6.07) is 14.4. The average Bonchev–Trinajstić information content (AvgIpc) is 3.48. The summed E-state index contributed by atoms with van der Waals surface area (Å²) >= 11 is 3.47. The van der Waals surface area contributed by atoms with E-state index in [0.717, 1.165) is 47.1 Å². The maximum absolute atomic E-state index is 6.35. The van der Waals surface area contributed by atoms with Crippen molar-refractivity contribution in [3.8, 4) is 22.6 Å². The highest BCUT2D eigenvalue weighted by atomic mass is 32.2. The van der Waals surface area contributed by atoms with Gasteiger partial charge in [-0.25, -0.2) is 0 Å². The summed E-state index contributed by atoms with van der Waals surface area (Å²) in [7, 11) is 3.31. The Balaban J connectivity index is 1.42. The molecular formula is C24H23N3O2S2. The first-order valence-electron chi connectivity index (χ1n) is 10.0. The van der Waals surface area contributed by atoms with Crippen molar-refractivity contribution in [1.82, 2.24) is 0 Å². The molecule has 3 heterocycles. The zero-order valence-corrected chi connectivity index (χ0v) is 19.0. The highest BCUT2D eigenvalue weighted by Gasteiger charge is 2.30. The van der Waals surface area contributed by atoms with E-state index in [1.54, 1.807) is 37.3 Å². The van der Waals surface area contributed by atoms with Crippen molar-refractivity contribution >= 4 is 40.2 Å². The summed E-state index contributed by atoms with van der Waals surface area (Å²) in [4.78, 5) is 8.46. The lowest BCUT2D eigenvalue weighted by Crippen LogP contribution is -2.25. The largest absolute Gasteiger partial charge is 0.493 e. The number of nitrogen functional groups attached to an aromatic ring is 1. The molecule has 2 N–H and O–H groups in total. The van der Waals surface area contributed by atoms with E-state index in [1.165, 1.54) is 16.0 Å². The Kier molecular flexibility index (Phi) is 5.38. The summed E-state index contributed by atoms with van der Waals surface area (Å²) in [6.07, 6.45) is 3.08. The molecule has 1 aromatic heterocycles. The lowest BCUT2D eigenvalue weighted by molar-refractivity contribution is 0.355. The number of nitrogens with zero attached hydrogens (tertiary/aromatic N) is 2. The van der Waals surface area contributed by atoms with E-state index in [9.17, 15) is 0 Å². The first kappa shape index (κ1) is 20.0. The van der Waals surface area contributed by atoms with E-state index in [-0.39, 0.29) is 5.37 Å².